The first-order chi connectivity index (χ1) is 9.61. The number of halogens is 1. The van der Waals surface area contributed by atoms with Crippen molar-refractivity contribution in [2.24, 2.45) is 5.73 Å². The number of hydrogen-bond donors (Lipinski definition) is 1. The second-order valence-corrected chi connectivity index (χ2v) is 6.93. The Morgan fingerprint density at radius 1 is 1.35 bits per heavy atom. The maximum Gasteiger partial charge on any atom is 0.0513 e. The van der Waals surface area contributed by atoms with Gasteiger partial charge in [-0.25, -0.2) is 0 Å². The van der Waals surface area contributed by atoms with Gasteiger partial charge < -0.3 is 10.6 Å². The summed E-state index contributed by atoms with van der Waals surface area (Å²) in [6.07, 6.45) is 7.54. The van der Waals surface area contributed by atoms with Gasteiger partial charge in [0.1, 0.15) is 0 Å². The van der Waals surface area contributed by atoms with Crippen LogP contribution in [0.2, 0.25) is 0 Å². The van der Waals surface area contributed by atoms with E-state index in [1.165, 1.54) is 54.4 Å². The zero-order valence-electron chi connectivity index (χ0n) is 12.7. The first-order valence-corrected chi connectivity index (χ1v) is 8.71. The molecule has 2 rings (SSSR count). The molecule has 20 heavy (non-hydrogen) atoms. The summed E-state index contributed by atoms with van der Waals surface area (Å²) in [5, 5.41) is 0. The fraction of sp³-hybridized carbons (Fsp3) is 0.647. The molecule has 0 aromatic heterocycles. The summed E-state index contributed by atoms with van der Waals surface area (Å²) < 4.78 is 1.22. The number of rotatable bonds is 4. The summed E-state index contributed by atoms with van der Waals surface area (Å²) in [6.45, 7) is 5.55. The smallest absolute Gasteiger partial charge is 0.0513 e. The summed E-state index contributed by atoms with van der Waals surface area (Å²) >= 11 is 3.77. The monoisotopic (exact) mass is 338 g/mol. The van der Waals surface area contributed by atoms with Crippen molar-refractivity contribution in [3.63, 3.8) is 0 Å². The third-order valence-electron chi connectivity index (χ3n) is 4.23. The summed E-state index contributed by atoms with van der Waals surface area (Å²) in [6, 6.07) is 7.66. The lowest BCUT2D eigenvalue weighted by atomic mass is 10.0. The normalized spacial score (nSPS) is 21.6. The van der Waals surface area contributed by atoms with Gasteiger partial charge in [0.05, 0.1) is 5.69 Å². The van der Waals surface area contributed by atoms with E-state index < -0.39 is 0 Å². The summed E-state index contributed by atoms with van der Waals surface area (Å²) in [7, 11) is 0. The topological polar surface area (TPSA) is 29.3 Å². The van der Waals surface area contributed by atoms with Crippen molar-refractivity contribution in [3.8, 4) is 0 Å². The van der Waals surface area contributed by atoms with E-state index in [2.05, 4.69) is 52.9 Å². The Kier molecular flexibility index (Phi) is 5.91. The van der Waals surface area contributed by atoms with Crippen LogP contribution in [-0.2, 0) is 6.42 Å². The molecule has 0 radical (unpaired) electrons. The Morgan fingerprint density at radius 2 is 2.15 bits per heavy atom. The maximum absolute atomic E-state index is 5.89. The van der Waals surface area contributed by atoms with E-state index in [4.69, 9.17) is 5.73 Å². The van der Waals surface area contributed by atoms with Gasteiger partial charge in [-0.2, -0.15) is 0 Å². The van der Waals surface area contributed by atoms with Crippen LogP contribution in [0, 0.1) is 0 Å². The molecule has 2 nitrogen and oxygen atoms in total. The molecule has 112 valence electrons. The summed E-state index contributed by atoms with van der Waals surface area (Å²) in [5.41, 5.74) is 8.57. The van der Waals surface area contributed by atoms with Crippen LogP contribution in [0.3, 0.4) is 0 Å². The van der Waals surface area contributed by atoms with Crippen molar-refractivity contribution < 1.29 is 0 Å². The van der Waals surface area contributed by atoms with Crippen LogP contribution in [0.15, 0.2) is 22.7 Å². The van der Waals surface area contributed by atoms with Crippen molar-refractivity contribution >= 4 is 21.6 Å². The lowest BCUT2D eigenvalue weighted by Crippen LogP contribution is -2.34. The van der Waals surface area contributed by atoms with E-state index in [0.717, 1.165) is 6.42 Å². The minimum absolute atomic E-state index is 0.217. The predicted molar refractivity (Wildman–Crippen MR) is 91.4 cm³/mol. The van der Waals surface area contributed by atoms with Crippen molar-refractivity contribution in [2.45, 2.75) is 64.5 Å². The zero-order valence-corrected chi connectivity index (χ0v) is 14.3. The Balaban J connectivity index is 2.21. The highest BCUT2D eigenvalue weighted by atomic mass is 79.9. The molecule has 1 aliphatic rings. The highest BCUT2D eigenvalue weighted by molar-refractivity contribution is 9.10. The first kappa shape index (κ1) is 15.8. The molecule has 1 aliphatic heterocycles. The minimum atomic E-state index is 0.217. The molecule has 1 aromatic rings. The molecule has 2 N–H and O–H groups in total. The fourth-order valence-corrected chi connectivity index (χ4v) is 3.86. The average molecular weight is 339 g/mol. The molecule has 0 spiro atoms. The van der Waals surface area contributed by atoms with E-state index >= 15 is 0 Å². The van der Waals surface area contributed by atoms with Gasteiger partial charge in [-0.15, -0.1) is 0 Å². The third kappa shape index (κ3) is 3.98. The average Bonchev–Trinajstić information content (AvgIpc) is 2.63. The first-order valence-electron chi connectivity index (χ1n) is 7.92. The molecule has 0 saturated carbocycles. The van der Waals surface area contributed by atoms with Crippen molar-refractivity contribution in [3.05, 3.63) is 28.2 Å². The number of benzene rings is 1. The van der Waals surface area contributed by atoms with Gasteiger partial charge >= 0.3 is 0 Å². The molecule has 3 heteroatoms. The standard InChI is InChI=1S/C17H27BrN2/c1-3-15-7-5-4-6-10-20(15)17-9-8-14(11-13(2)19)12-16(17)18/h8-9,12-13,15H,3-7,10-11,19H2,1-2H3. The highest BCUT2D eigenvalue weighted by Gasteiger charge is 2.21. The SMILES string of the molecule is CCC1CCCCCN1c1ccc(CC(C)N)cc1Br. The van der Waals surface area contributed by atoms with Crippen LogP contribution in [0.5, 0.6) is 0 Å². The molecule has 1 saturated heterocycles. The highest BCUT2D eigenvalue weighted by Crippen LogP contribution is 2.32. The zero-order chi connectivity index (χ0) is 14.5. The van der Waals surface area contributed by atoms with Gasteiger partial charge in [-0.05, 0) is 66.2 Å². The molecular formula is C17H27BrN2. The van der Waals surface area contributed by atoms with E-state index in [9.17, 15) is 0 Å². The van der Waals surface area contributed by atoms with E-state index in [0.29, 0.717) is 6.04 Å². The lowest BCUT2D eigenvalue weighted by molar-refractivity contribution is 0.555. The number of anilines is 1. The molecule has 0 amide bonds. The number of nitrogens with zero attached hydrogens (tertiary/aromatic N) is 1. The van der Waals surface area contributed by atoms with Gasteiger partial charge in [0.2, 0.25) is 0 Å². The number of nitrogens with two attached hydrogens (primary N) is 1. The minimum Gasteiger partial charge on any atom is -0.368 e. The number of hydrogen-bond acceptors (Lipinski definition) is 2. The van der Waals surface area contributed by atoms with Crippen LogP contribution in [-0.4, -0.2) is 18.6 Å². The van der Waals surface area contributed by atoms with Crippen LogP contribution in [0.25, 0.3) is 0 Å². The van der Waals surface area contributed by atoms with Crippen molar-refractivity contribution in [2.75, 3.05) is 11.4 Å². The lowest BCUT2D eigenvalue weighted by Gasteiger charge is -2.32. The van der Waals surface area contributed by atoms with Crippen molar-refractivity contribution in [1.82, 2.24) is 0 Å². The van der Waals surface area contributed by atoms with Crippen LogP contribution >= 0.6 is 15.9 Å². The molecule has 1 aromatic carbocycles. The summed E-state index contributed by atoms with van der Waals surface area (Å²) in [5.74, 6) is 0. The second kappa shape index (κ2) is 7.46. The maximum atomic E-state index is 5.89. The molecule has 1 heterocycles. The molecule has 2 unspecified atom stereocenters. The quantitative estimate of drug-likeness (QED) is 0.875. The molecular weight excluding hydrogens is 312 g/mol. The van der Waals surface area contributed by atoms with E-state index in [-0.39, 0.29) is 6.04 Å². The Hall–Kier alpha value is -0.540. The third-order valence-corrected chi connectivity index (χ3v) is 4.86. The van der Waals surface area contributed by atoms with Gasteiger partial charge in [-0.1, -0.05) is 25.8 Å². The molecule has 2 atom stereocenters. The van der Waals surface area contributed by atoms with Crippen LogP contribution in [0.1, 0.15) is 51.5 Å². The van der Waals surface area contributed by atoms with E-state index in [1.807, 2.05) is 0 Å². The van der Waals surface area contributed by atoms with Gasteiger partial charge in [0.25, 0.3) is 0 Å². The fourth-order valence-electron chi connectivity index (χ4n) is 3.20. The Labute approximate surface area is 131 Å². The van der Waals surface area contributed by atoms with Gasteiger partial charge in [0, 0.05) is 23.1 Å². The van der Waals surface area contributed by atoms with Gasteiger partial charge in [-0.3, -0.25) is 0 Å². The van der Waals surface area contributed by atoms with Crippen molar-refractivity contribution in [1.29, 1.82) is 0 Å². The van der Waals surface area contributed by atoms with Gasteiger partial charge in [0.15, 0.2) is 0 Å². The van der Waals surface area contributed by atoms with Crippen LogP contribution < -0.4 is 10.6 Å². The molecule has 1 fully saturated rings. The van der Waals surface area contributed by atoms with E-state index in [1.54, 1.807) is 0 Å². The Morgan fingerprint density at radius 3 is 2.80 bits per heavy atom. The van der Waals surface area contributed by atoms with Crippen LogP contribution in [0.4, 0.5) is 5.69 Å². The largest absolute Gasteiger partial charge is 0.368 e. The summed E-state index contributed by atoms with van der Waals surface area (Å²) in [4.78, 5) is 2.60. The second-order valence-electron chi connectivity index (χ2n) is 6.07. The molecule has 0 aliphatic carbocycles. The molecule has 0 bridgehead atoms. The predicted octanol–water partition coefficient (Wildman–Crippen LogP) is 4.50. The Bertz CT molecular complexity index is 431.